The third-order valence-corrected chi connectivity index (χ3v) is 5.88. The average Bonchev–Trinajstić information content (AvgIpc) is 2.78. The molecule has 2 atom stereocenters. The standard InChI is InChI=1S/C12H19ClN2O2S/c1-4-11(13)12-8(2)14-15(9(12)3)10-5-6-18(16,17)7-10/h10-11H,4-7H2,1-3H3. The van der Waals surface area contributed by atoms with Gasteiger partial charge in [0.25, 0.3) is 0 Å². The Kier molecular flexibility index (Phi) is 3.74. The number of rotatable bonds is 3. The molecule has 1 aromatic heterocycles. The molecule has 2 unspecified atom stereocenters. The molecule has 0 bridgehead atoms. The Morgan fingerprint density at radius 3 is 2.67 bits per heavy atom. The molecule has 102 valence electrons. The summed E-state index contributed by atoms with van der Waals surface area (Å²) in [7, 11) is -2.88. The summed E-state index contributed by atoms with van der Waals surface area (Å²) in [6, 6.07) is -0.0248. The molecule has 0 amide bonds. The molecular formula is C12H19ClN2O2S. The van der Waals surface area contributed by atoms with Gasteiger partial charge < -0.3 is 0 Å². The first-order chi connectivity index (χ1) is 8.35. The monoisotopic (exact) mass is 290 g/mol. The van der Waals surface area contributed by atoms with Crippen LogP contribution in [0.4, 0.5) is 0 Å². The van der Waals surface area contributed by atoms with Crippen molar-refractivity contribution in [2.45, 2.75) is 45.0 Å². The fraction of sp³-hybridized carbons (Fsp3) is 0.750. The van der Waals surface area contributed by atoms with Crippen LogP contribution in [0.15, 0.2) is 0 Å². The van der Waals surface area contributed by atoms with Crippen LogP contribution in [0.2, 0.25) is 0 Å². The minimum absolute atomic E-state index is 0.0248. The number of hydrogen-bond acceptors (Lipinski definition) is 3. The highest BCUT2D eigenvalue weighted by molar-refractivity contribution is 7.91. The maximum atomic E-state index is 11.5. The number of halogens is 1. The van der Waals surface area contributed by atoms with Crippen LogP contribution in [0.25, 0.3) is 0 Å². The molecule has 1 aromatic rings. The Labute approximate surface area is 113 Å². The van der Waals surface area contributed by atoms with E-state index in [1.807, 2.05) is 25.5 Å². The molecule has 0 aliphatic carbocycles. The van der Waals surface area contributed by atoms with Crippen LogP contribution in [-0.4, -0.2) is 29.7 Å². The van der Waals surface area contributed by atoms with Crippen molar-refractivity contribution in [1.29, 1.82) is 0 Å². The molecule has 18 heavy (non-hydrogen) atoms. The number of aryl methyl sites for hydroxylation is 1. The van der Waals surface area contributed by atoms with Gasteiger partial charge in [-0.05, 0) is 26.7 Å². The minimum atomic E-state index is -2.88. The molecule has 2 heterocycles. The molecule has 1 aliphatic heterocycles. The van der Waals surface area contributed by atoms with Crippen molar-refractivity contribution < 1.29 is 8.42 Å². The van der Waals surface area contributed by atoms with Crippen LogP contribution in [0.1, 0.15) is 48.1 Å². The molecule has 1 aliphatic rings. The van der Waals surface area contributed by atoms with Crippen LogP contribution in [0.3, 0.4) is 0 Å². The van der Waals surface area contributed by atoms with E-state index in [0.717, 1.165) is 23.4 Å². The van der Waals surface area contributed by atoms with Crippen molar-refractivity contribution in [1.82, 2.24) is 9.78 Å². The number of sulfone groups is 1. The molecular weight excluding hydrogens is 272 g/mol. The van der Waals surface area contributed by atoms with Gasteiger partial charge in [-0.1, -0.05) is 6.92 Å². The zero-order valence-corrected chi connectivity index (χ0v) is 12.6. The highest BCUT2D eigenvalue weighted by atomic mass is 35.5. The zero-order chi connectivity index (χ0) is 13.5. The number of alkyl halides is 1. The molecule has 0 radical (unpaired) electrons. The van der Waals surface area contributed by atoms with Crippen molar-refractivity contribution in [3.63, 3.8) is 0 Å². The van der Waals surface area contributed by atoms with Gasteiger partial charge >= 0.3 is 0 Å². The summed E-state index contributed by atoms with van der Waals surface area (Å²) in [5.74, 6) is 0.469. The number of hydrogen-bond donors (Lipinski definition) is 0. The van der Waals surface area contributed by atoms with Crippen molar-refractivity contribution in [3.8, 4) is 0 Å². The van der Waals surface area contributed by atoms with Crippen LogP contribution < -0.4 is 0 Å². The molecule has 0 spiro atoms. The predicted molar refractivity (Wildman–Crippen MR) is 72.9 cm³/mol. The van der Waals surface area contributed by atoms with Crippen molar-refractivity contribution >= 4 is 21.4 Å². The van der Waals surface area contributed by atoms with E-state index < -0.39 is 9.84 Å². The topological polar surface area (TPSA) is 52.0 Å². The van der Waals surface area contributed by atoms with E-state index in [0.29, 0.717) is 6.42 Å². The molecule has 6 heteroatoms. The summed E-state index contributed by atoms with van der Waals surface area (Å²) in [4.78, 5) is 0. The Morgan fingerprint density at radius 1 is 1.50 bits per heavy atom. The predicted octanol–water partition coefficient (Wildman–Crippen LogP) is 2.55. The second-order valence-corrected chi connectivity index (χ2v) is 7.72. The van der Waals surface area contributed by atoms with E-state index in [-0.39, 0.29) is 22.9 Å². The first kappa shape index (κ1) is 13.9. The van der Waals surface area contributed by atoms with E-state index in [4.69, 9.17) is 11.6 Å². The van der Waals surface area contributed by atoms with E-state index in [1.165, 1.54) is 0 Å². The van der Waals surface area contributed by atoms with Crippen molar-refractivity contribution in [2.75, 3.05) is 11.5 Å². The first-order valence-electron chi connectivity index (χ1n) is 6.25. The molecule has 0 N–H and O–H groups in total. The summed E-state index contributed by atoms with van der Waals surface area (Å²) < 4.78 is 24.9. The van der Waals surface area contributed by atoms with Crippen LogP contribution >= 0.6 is 11.6 Å². The third kappa shape index (κ3) is 2.43. The quantitative estimate of drug-likeness (QED) is 0.804. The summed E-state index contributed by atoms with van der Waals surface area (Å²) in [6.45, 7) is 5.95. The van der Waals surface area contributed by atoms with Gasteiger partial charge in [-0.15, -0.1) is 11.6 Å². The van der Waals surface area contributed by atoms with Gasteiger partial charge in [0.15, 0.2) is 9.84 Å². The molecule has 2 rings (SSSR count). The van der Waals surface area contributed by atoms with Gasteiger partial charge in [0.05, 0.1) is 28.6 Å². The molecule has 4 nitrogen and oxygen atoms in total. The van der Waals surface area contributed by atoms with Crippen LogP contribution in [0.5, 0.6) is 0 Å². The smallest absolute Gasteiger partial charge is 0.152 e. The zero-order valence-electron chi connectivity index (χ0n) is 11.0. The van der Waals surface area contributed by atoms with Crippen molar-refractivity contribution in [3.05, 3.63) is 17.0 Å². The van der Waals surface area contributed by atoms with E-state index in [2.05, 4.69) is 5.10 Å². The lowest BCUT2D eigenvalue weighted by Crippen LogP contribution is -2.14. The fourth-order valence-corrected chi connectivity index (χ4v) is 4.66. The Morgan fingerprint density at radius 2 is 2.17 bits per heavy atom. The highest BCUT2D eigenvalue weighted by Gasteiger charge is 2.32. The maximum absolute atomic E-state index is 11.5. The number of nitrogens with zero attached hydrogens (tertiary/aromatic N) is 2. The lowest BCUT2D eigenvalue weighted by Gasteiger charge is -2.12. The largest absolute Gasteiger partial charge is 0.265 e. The Hall–Kier alpha value is -0.550. The minimum Gasteiger partial charge on any atom is -0.265 e. The van der Waals surface area contributed by atoms with Crippen LogP contribution in [-0.2, 0) is 9.84 Å². The van der Waals surface area contributed by atoms with Crippen molar-refractivity contribution in [2.24, 2.45) is 0 Å². The summed E-state index contributed by atoms with van der Waals surface area (Å²) in [5, 5.41) is 4.45. The number of aromatic nitrogens is 2. The van der Waals surface area contributed by atoms with Gasteiger partial charge in [-0.2, -0.15) is 5.10 Å². The van der Waals surface area contributed by atoms with E-state index in [9.17, 15) is 8.42 Å². The molecule has 0 aromatic carbocycles. The van der Waals surface area contributed by atoms with Gasteiger partial charge in [0, 0.05) is 11.3 Å². The van der Waals surface area contributed by atoms with E-state index in [1.54, 1.807) is 0 Å². The summed E-state index contributed by atoms with van der Waals surface area (Å²) in [5.41, 5.74) is 2.98. The summed E-state index contributed by atoms with van der Waals surface area (Å²) in [6.07, 6.45) is 1.50. The molecule has 1 saturated heterocycles. The maximum Gasteiger partial charge on any atom is 0.152 e. The van der Waals surface area contributed by atoms with Gasteiger partial charge in [-0.25, -0.2) is 8.42 Å². The van der Waals surface area contributed by atoms with E-state index >= 15 is 0 Å². The van der Waals surface area contributed by atoms with Gasteiger partial charge in [0.1, 0.15) is 0 Å². The SMILES string of the molecule is CCC(Cl)c1c(C)nn(C2CCS(=O)(=O)C2)c1C. The Bertz CT molecular complexity index is 551. The summed E-state index contributed by atoms with van der Waals surface area (Å²) >= 11 is 6.31. The second-order valence-electron chi connectivity index (χ2n) is 4.96. The second kappa shape index (κ2) is 4.85. The Balaban J connectivity index is 2.36. The van der Waals surface area contributed by atoms with Gasteiger partial charge in [-0.3, -0.25) is 4.68 Å². The first-order valence-corrected chi connectivity index (χ1v) is 8.51. The van der Waals surface area contributed by atoms with Crippen LogP contribution in [0, 0.1) is 13.8 Å². The average molecular weight is 291 g/mol. The highest BCUT2D eigenvalue weighted by Crippen LogP contribution is 2.33. The molecule has 1 fully saturated rings. The lowest BCUT2D eigenvalue weighted by atomic mass is 10.1. The lowest BCUT2D eigenvalue weighted by molar-refractivity contribution is 0.485. The molecule has 0 saturated carbocycles. The normalized spacial score (nSPS) is 24.3. The third-order valence-electron chi connectivity index (χ3n) is 3.61. The van der Waals surface area contributed by atoms with Gasteiger partial charge in [0.2, 0.25) is 0 Å². The fourth-order valence-electron chi connectivity index (χ4n) is 2.66.